The van der Waals surface area contributed by atoms with Crippen molar-refractivity contribution in [2.75, 3.05) is 23.8 Å². The van der Waals surface area contributed by atoms with Gasteiger partial charge >= 0.3 is 0 Å². The van der Waals surface area contributed by atoms with E-state index in [0.717, 1.165) is 11.3 Å². The molecule has 0 aliphatic rings. The molecule has 3 rings (SSSR count). The second kappa shape index (κ2) is 10.7. The molecule has 7 nitrogen and oxygen atoms in total. The predicted molar refractivity (Wildman–Crippen MR) is 125 cm³/mol. The summed E-state index contributed by atoms with van der Waals surface area (Å²) in [5.74, 6) is 1.29. The minimum atomic E-state index is -3.71. The molecule has 0 aliphatic carbocycles. The van der Waals surface area contributed by atoms with Crippen molar-refractivity contribution < 1.29 is 22.7 Å². The first-order chi connectivity index (χ1) is 15.4. The molecule has 3 aromatic rings. The Kier molecular flexibility index (Phi) is 7.72. The third-order valence-corrected chi connectivity index (χ3v) is 5.99. The van der Waals surface area contributed by atoms with E-state index in [-0.39, 0.29) is 17.2 Å². The quantitative estimate of drug-likeness (QED) is 0.437. The van der Waals surface area contributed by atoms with Gasteiger partial charge in [-0.1, -0.05) is 12.1 Å². The van der Waals surface area contributed by atoms with Gasteiger partial charge in [0.05, 0.1) is 18.6 Å². The van der Waals surface area contributed by atoms with Gasteiger partial charge in [0.15, 0.2) is 0 Å². The van der Waals surface area contributed by atoms with Gasteiger partial charge in [0.25, 0.3) is 10.0 Å². The van der Waals surface area contributed by atoms with Crippen LogP contribution in [0.25, 0.3) is 0 Å². The molecule has 3 aromatic carbocycles. The molecule has 0 aromatic heterocycles. The molecule has 0 bridgehead atoms. The Hall–Kier alpha value is -3.52. The predicted octanol–water partition coefficient (Wildman–Crippen LogP) is 4.60. The van der Waals surface area contributed by atoms with Crippen LogP contribution in [0.4, 0.5) is 11.4 Å². The average Bonchev–Trinajstić information content (AvgIpc) is 2.77. The lowest BCUT2D eigenvalue weighted by Crippen LogP contribution is -2.14. The summed E-state index contributed by atoms with van der Waals surface area (Å²) in [6.45, 7) is 2.29. The number of anilines is 2. The first-order valence-electron chi connectivity index (χ1n) is 10.1. The van der Waals surface area contributed by atoms with E-state index >= 15 is 0 Å². The Balaban J connectivity index is 1.46. The summed E-state index contributed by atoms with van der Waals surface area (Å²) in [5, 5.41) is 2.77. The van der Waals surface area contributed by atoms with Crippen molar-refractivity contribution in [1.29, 1.82) is 0 Å². The van der Waals surface area contributed by atoms with Gasteiger partial charge < -0.3 is 14.8 Å². The summed E-state index contributed by atoms with van der Waals surface area (Å²) in [7, 11) is -2.11. The number of rotatable bonds is 10. The number of benzene rings is 3. The van der Waals surface area contributed by atoms with E-state index in [1.165, 1.54) is 12.1 Å². The maximum atomic E-state index is 12.6. The van der Waals surface area contributed by atoms with Crippen LogP contribution in [0.15, 0.2) is 77.7 Å². The number of carbonyl (C=O) groups is 1. The van der Waals surface area contributed by atoms with Gasteiger partial charge in [-0.05, 0) is 79.6 Å². The molecule has 0 heterocycles. The van der Waals surface area contributed by atoms with Gasteiger partial charge in [-0.2, -0.15) is 0 Å². The molecule has 0 fully saturated rings. The number of ether oxygens (including phenoxy) is 2. The van der Waals surface area contributed by atoms with E-state index in [2.05, 4.69) is 10.0 Å². The molecule has 8 heteroatoms. The van der Waals surface area contributed by atoms with E-state index in [1.807, 2.05) is 37.3 Å². The van der Waals surface area contributed by atoms with Gasteiger partial charge in [-0.15, -0.1) is 0 Å². The molecule has 0 saturated carbocycles. The molecule has 1 amide bonds. The Labute approximate surface area is 188 Å². The molecule has 0 unspecified atom stereocenters. The minimum Gasteiger partial charge on any atom is -0.497 e. The summed E-state index contributed by atoms with van der Waals surface area (Å²) < 4.78 is 38.4. The molecule has 0 radical (unpaired) electrons. The summed E-state index contributed by atoms with van der Waals surface area (Å²) in [6.07, 6.45) is 0.829. The normalized spacial score (nSPS) is 10.9. The van der Waals surface area contributed by atoms with Crippen LogP contribution in [0.3, 0.4) is 0 Å². The van der Waals surface area contributed by atoms with Gasteiger partial charge in [0.2, 0.25) is 5.91 Å². The zero-order valence-corrected chi connectivity index (χ0v) is 18.8. The number of hydrogen-bond acceptors (Lipinski definition) is 5. The third kappa shape index (κ3) is 6.75. The van der Waals surface area contributed by atoms with Crippen LogP contribution in [0.2, 0.25) is 0 Å². The highest BCUT2D eigenvalue weighted by molar-refractivity contribution is 7.92. The van der Waals surface area contributed by atoms with Crippen molar-refractivity contribution in [1.82, 2.24) is 0 Å². The molecule has 0 aliphatic heterocycles. The van der Waals surface area contributed by atoms with Crippen LogP contribution >= 0.6 is 0 Å². The third-order valence-electron chi connectivity index (χ3n) is 4.60. The van der Waals surface area contributed by atoms with Crippen LogP contribution < -0.4 is 19.5 Å². The first kappa shape index (κ1) is 23.1. The van der Waals surface area contributed by atoms with Gasteiger partial charge in [-0.3, -0.25) is 9.52 Å². The lowest BCUT2D eigenvalue weighted by atomic mass is 10.2. The molecule has 0 saturated heterocycles. The van der Waals surface area contributed by atoms with Crippen LogP contribution in [0.5, 0.6) is 11.5 Å². The van der Waals surface area contributed by atoms with E-state index in [1.54, 1.807) is 37.4 Å². The van der Waals surface area contributed by atoms with E-state index in [0.29, 0.717) is 30.2 Å². The molecule has 2 N–H and O–H groups in total. The maximum Gasteiger partial charge on any atom is 0.261 e. The maximum absolute atomic E-state index is 12.6. The fraction of sp³-hybridized carbons (Fsp3) is 0.208. The highest BCUT2D eigenvalue weighted by Crippen LogP contribution is 2.20. The number of aryl methyl sites for hydroxylation is 1. The fourth-order valence-corrected chi connectivity index (χ4v) is 4.01. The monoisotopic (exact) mass is 454 g/mol. The summed E-state index contributed by atoms with van der Waals surface area (Å²) in [4.78, 5) is 12.3. The molecular weight excluding hydrogens is 428 g/mol. The Bertz CT molecular complexity index is 1140. The van der Waals surface area contributed by atoms with Gasteiger partial charge in [-0.25, -0.2) is 8.42 Å². The van der Waals surface area contributed by atoms with Crippen LogP contribution in [0.1, 0.15) is 18.4 Å². The second-order valence-electron chi connectivity index (χ2n) is 7.18. The van der Waals surface area contributed by atoms with E-state index < -0.39 is 10.0 Å². The lowest BCUT2D eigenvalue weighted by molar-refractivity contribution is -0.116. The van der Waals surface area contributed by atoms with Gasteiger partial charge in [0, 0.05) is 17.8 Å². The SMILES string of the molecule is COc1ccc(OCCCC(=O)Nc2ccc(S(=O)(=O)Nc3cccc(C)c3)cc2)cc1. The molecule has 32 heavy (non-hydrogen) atoms. The standard InChI is InChI=1S/C24H26N2O5S/c1-18-5-3-6-20(17-18)26-32(28,29)23-14-8-19(9-15-23)25-24(27)7-4-16-31-22-12-10-21(30-2)11-13-22/h3,5-6,8-15,17,26H,4,7,16H2,1-2H3,(H,25,27). The molecular formula is C24H26N2O5S. The molecule has 0 spiro atoms. The molecule has 0 atom stereocenters. The van der Waals surface area contributed by atoms with Crippen LogP contribution in [-0.4, -0.2) is 28.0 Å². The summed E-state index contributed by atoms with van der Waals surface area (Å²) >= 11 is 0. The van der Waals surface area contributed by atoms with Crippen LogP contribution in [0, 0.1) is 6.92 Å². The van der Waals surface area contributed by atoms with Crippen LogP contribution in [-0.2, 0) is 14.8 Å². The second-order valence-corrected chi connectivity index (χ2v) is 8.86. The zero-order chi connectivity index (χ0) is 23.0. The smallest absolute Gasteiger partial charge is 0.261 e. The van der Waals surface area contributed by atoms with Crippen molar-refractivity contribution in [3.8, 4) is 11.5 Å². The Morgan fingerprint density at radius 2 is 1.59 bits per heavy atom. The highest BCUT2D eigenvalue weighted by Gasteiger charge is 2.14. The number of nitrogens with one attached hydrogen (secondary N) is 2. The minimum absolute atomic E-state index is 0.116. The number of carbonyl (C=O) groups excluding carboxylic acids is 1. The van der Waals surface area contributed by atoms with E-state index in [9.17, 15) is 13.2 Å². The largest absolute Gasteiger partial charge is 0.497 e. The Morgan fingerprint density at radius 1 is 0.906 bits per heavy atom. The van der Waals surface area contributed by atoms with Crippen molar-refractivity contribution in [3.63, 3.8) is 0 Å². The van der Waals surface area contributed by atoms with E-state index in [4.69, 9.17) is 9.47 Å². The van der Waals surface area contributed by atoms with Crippen molar-refractivity contribution in [3.05, 3.63) is 78.4 Å². The topological polar surface area (TPSA) is 93.7 Å². The van der Waals surface area contributed by atoms with Crippen molar-refractivity contribution >= 4 is 27.3 Å². The number of amides is 1. The van der Waals surface area contributed by atoms with Gasteiger partial charge in [0.1, 0.15) is 11.5 Å². The Morgan fingerprint density at radius 3 is 2.25 bits per heavy atom. The summed E-state index contributed by atoms with van der Waals surface area (Å²) in [6, 6.07) is 20.4. The number of methoxy groups -OCH3 is 1. The van der Waals surface area contributed by atoms with Crippen molar-refractivity contribution in [2.24, 2.45) is 0 Å². The summed E-state index contributed by atoms with van der Waals surface area (Å²) in [5.41, 5.74) is 1.98. The number of hydrogen-bond donors (Lipinski definition) is 2. The average molecular weight is 455 g/mol. The van der Waals surface area contributed by atoms with Crippen molar-refractivity contribution in [2.45, 2.75) is 24.7 Å². The molecule has 168 valence electrons. The zero-order valence-electron chi connectivity index (χ0n) is 18.0. The first-order valence-corrected chi connectivity index (χ1v) is 11.6. The number of sulfonamides is 1. The fourth-order valence-electron chi connectivity index (χ4n) is 2.96. The lowest BCUT2D eigenvalue weighted by Gasteiger charge is -2.10. The highest BCUT2D eigenvalue weighted by atomic mass is 32.2.